The molecule has 4 rings (SSSR count). The summed E-state index contributed by atoms with van der Waals surface area (Å²) in [5.74, 6) is -1.97. The average molecular weight is 541 g/mol. The van der Waals surface area contributed by atoms with E-state index >= 15 is 0 Å². The van der Waals surface area contributed by atoms with Gasteiger partial charge in [0.25, 0.3) is 11.5 Å². The highest BCUT2D eigenvalue weighted by atomic mass is 35.5. The summed E-state index contributed by atoms with van der Waals surface area (Å²) in [7, 11) is 1.46. The molecule has 0 saturated carbocycles. The molecule has 2 amide bonds. The van der Waals surface area contributed by atoms with Crippen LogP contribution in [0.2, 0.25) is 5.02 Å². The van der Waals surface area contributed by atoms with E-state index in [1.807, 2.05) is 13.0 Å². The van der Waals surface area contributed by atoms with Crippen molar-refractivity contribution in [3.05, 3.63) is 81.0 Å². The molecule has 0 saturated heterocycles. The summed E-state index contributed by atoms with van der Waals surface area (Å²) in [6, 6.07) is 9.30. The number of pyridine rings is 1. The van der Waals surface area contributed by atoms with Gasteiger partial charge in [0.1, 0.15) is 24.2 Å². The molecule has 1 aromatic heterocycles. The van der Waals surface area contributed by atoms with E-state index in [2.05, 4.69) is 10.5 Å². The number of anilines is 1. The number of carbonyl (C=O) groups excluding carboxylic acids is 2. The van der Waals surface area contributed by atoms with Gasteiger partial charge in [0.2, 0.25) is 5.91 Å². The summed E-state index contributed by atoms with van der Waals surface area (Å²) in [5.41, 5.74) is 7.14. The lowest BCUT2D eigenvalue weighted by molar-refractivity contribution is -0.119. The molecule has 0 aliphatic carbocycles. The molecular formula is C27H26ClFN4O5. The molecule has 1 aliphatic heterocycles. The number of rotatable bonds is 9. The van der Waals surface area contributed by atoms with E-state index in [0.717, 1.165) is 17.3 Å². The summed E-state index contributed by atoms with van der Waals surface area (Å²) in [6.07, 6.45) is 2.99. The number of aromatic nitrogens is 1. The van der Waals surface area contributed by atoms with Crippen molar-refractivity contribution in [2.24, 2.45) is 10.9 Å². The second-order valence-corrected chi connectivity index (χ2v) is 9.10. The third-order valence-corrected chi connectivity index (χ3v) is 6.39. The van der Waals surface area contributed by atoms with Crippen LogP contribution >= 0.6 is 11.6 Å². The molecule has 3 aromatic rings. The number of methoxy groups -OCH3 is 1. The zero-order valence-electron chi connectivity index (χ0n) is 20.8. The number of benzene rings is 2. The topological polar surface area (TPSA) is 125 Å². The first kappa shape index (κ1) is 26.9. The van der Waals surface area contributed by atoms with Crippen molar-refractivity contribution in [2.75, 3.05) is 19.0 Å². The van der Waals surface area contributed by atoms with Gasteiger partial charge >= 0.3 is 0 Å². The number of ether oxygens (including phenoxy) is 1. The Morgan fingerprint density at radius 3 is 2.63 bits per heavy atom. The highest BCUT2D eigenvalue weighted by Gasteiger charge is 2.25. The predicted octanol–water partition coefficient (Wildman–Crippen LogP) is 4.52. The van der Waals surface area contributed by atoms with Gasteiger partial charge in [-0.25, -0.2) is 4.39 Å². The molecule has 11 heteroatoms. The summed E-state index contributed by atoms with van der Waals surface area (Å²) in [6.45, 7) is 2.33. The number of hydrogen-bond acceptors (Lipinski definition) is 6. The molecule has 198 valence electrons. The maximum Gasteiger partial charge on any atom is 0.252 e. The molecule has 0 radical (unpaired) electrons. The van der Waals surface area contributed by atoms with E-state index in [4.69, 9.17) is 26.9 Å². The lowest BCUT2D eigenvalue weighted by atomic mass is 9.95. The summed E-state index contributed by atoms with van der Waals surface area (Å²) in [5, 5.41) is 7.18. The first-order chi connectivity index (χ1) is 18.2. The van der Waals surface area contributed by atoms with Crippen LogP contribution in [0, 0.1) is 5.82 Å². The maximum atomic E-state index is 14.2. The first-order valence-corrected chi connectivity index (χ1v) is 12.3. The van der Waals surface area contributed by atoms with Gasteiger partial charge < -0.3 is 20.6 Å². The summed E-state index contributed by atoms with van der Waals surface area (Å²) in [4.78, 5) is 43.1. The Balaban J connectivity index is 1.73. The molecule has 0 fully saturated rings. The van der Waals surface area contributed by atoms with Crippen LogP contribution in [0.5, 0.6) is 5.75 Å². The van der Waals surface area contributed by atoms with Crippen molar-refractivity contribution in [3.8, 4) is 16.9 Å². The van der Waals surface area contributed by atoms with Crippen LogP contribution in [0.4, 0.5) is 10.1 Å². The maximum absolute atomic E-state index is 14.2. The summed E-state index contributed by atoms with van der Waals surface area (Å²) < 4.78 is 21.1. The first-order valence-electron chi connectivity index (χ1n) is 11.9. The second-order valence-electron chi connectivity index (χ2n) is 8.66. The molecule has 2 aromatic carbocycles. The SMILES string of the molecule is CCCC(C(=O)Nc1ccc(C(N)=O)c(F)c1)n1cc(OC)c(-c2cc(Cl)ccc2C2=NOCC2)cc1=O. The van der Waals surface area contributed by atoms with Crippen LogP contribution in [0.3, 0.4) is 0 Å². The molecule has 1 aliphatic rings. The number of nitrogens with one attached hydrogen (secondary N) is 1. The van der Waals surface area contributed by atoms with E-state index in [-0.39, 0.29) is 11.3 Å². The Labute approximate surface area is 223 Å². The fraction of sp³-hybridized carbons (Fsp3) is 0.259. The zero-order valence-corrected chi connectivity index (χ0v) is 21.5. The van der Waals surface area contributed by atoms with Gasteiger partial charge in [-0.2, -0.15) is 0 Å². The van der Waals surface area contributed by atoms with Crippen molar-refractivity contribution >= 4 is 34.8 Å². The largest absolute Gasteiger partial charge is 0.495 e. The number of oxime groups is 1. The predicted molar refractivity (Wildman–Crippen MR) is 142 cm³/mol. The van der Waals surface area contributed by atoms with Gasteiger partial charge in [0, 0.05) is 34.3 Å². The number of halogens is 2. The Morgan fingerprint density at radius 1 is 1.21 bits per heavy atom. The summed E-state index contributed by atoms with van der Waals surface area (Å²) >= 11 is 6.29. The quantitative estimate of drug-likeness (QED) is 0.413. The van der Waals surface area contributed by atoms with E-state index in [9.17, 15) is 18.8 Å². The molecule has 2 heterocycles. The molecule has 3 N–H and O–H groups in total. The molecule has 0 spiro atoms. The van der Waals surface area contributed by atoms with Crippen LogP contribution in [-0.2, 0) is 9.63 Å². The second kappa shape index (κ2) is 11.5. The van der Waals surface area contributed by atoms with Crippen molar-refractivity contribution in [1.82, 2.24) is 4.57 Å². The van der Waals surface area contributed by atoms with Crippen molar-refractivity contribution in [3.63, 3.8) is 0 Å². The normalized spacial score (nSPS) is 13.4. The van der Waals surface area contributed by atoms with Crippen molar-refractivity contribution in [2.45, 2.75) is 32.2 Å². The standard InChI is InChI=1S/C27H26ClFN4O5/c1-3-4-23(27(36)31-16-6-8-18(26(30)35)21(29)12-16)33-14-24(37-2)20(13-25(33)34)19-11-15(28)5-7-17(19)22-9-10-38-32-22/h5-8,11-14,23H,3-4,9-10H2,1-2H3,(H2,30,35)(H,31,36). The van der Waals surface area contributed by atoms with E-state index < -0.39 is 29.2 Å². The van der Waals surface area contributed by atoms with Crippen LogP contribution in [0.1, 0.15) is 48.1 Å². The lowest BCUT2D eigenvalue weighted by Gasteiger charge is -2.21. The minimum atomic E-state index is -0.918. The van der Waals surface area contributed by atoms with Gasteiger partial charge in [0.15, 0.2) is 0 Å². The van der Waals surface area contributed by atoms with Crippen LogP contribution in [0.25, 0.3) is 11.1 Å². The molecular weight excluding hydrogens is 515 g/mol. The zero-order chi connectivity index (χ0) is 27.4. The third-order valence-electron chi connectivity index (χ3n) is 6.15. The minimum absolute atomic E-state index is 0.123. The highest BCUT2D eigenvalue weighted by molar-refractivity contribution is 6.31. The van der Waals surface area contributed by atoms with Gasteiger partial charge in [-0.1, -0.05) is 36.2 Å². The molecule has 1 unspecified atom stereocenters. The average Bonchev–Trinajstić information content (AvgIpc) is 3.42. The van der Waals surface area contributed by atoms with Crippen LogP contribution in [-0.4, -0.2) is 35.8 Å². The monoisotopic (exact) mass is 540 g/mol. The lowest BCUT2D eigenvalue weighted by Crippen LogP contribution is -2.33. The Hall–Kier alpha value is -4.18. The van der Waals surface area contributed by atoms with Crippen LogP contribution in [0.15, 0.2) is 58.6 Å². The highest BCUT2D eigenvalue weighted by Crippen LogP contribution is 2.35. The number of nitrogens with two attached hydrogens (primary N) is 1. The van der Waals surface area contributed by atoms with E-state index in [1.54, 1.807) is 12.1 Å². The number of carbonyl (C=O) groups is 2. The fourth-order valence-electron chi connectivity index (χ4n) is 4.32. The number of primary amides is 1. The third kappa shape index (κ3) is 5.55. The molecule has 9 nitrogen and oxygen atoms in total. The van der Waals surface area contributed by atoms with Gasteiger partial charge in [-0.05, 0) is 42.3 Å². The van der Waals surface area contributed by atoms with Crippen molar-refractivity contribution in [1.29, 1.82) is 0 Å². The Morgan fingerprint density at radius 2 is 2.00 bits per heavy atom. The van der Waals surface area contributed by atoms with Gasteiger partial charge in [-0.15, -0.1) is 0 Å². The van der Waals surface area contributed by atoms with Crippen LogP contribution < -0.4 is 21.3 Å². The van der Waals surface area contributed by atoms with Gasteiger partial charge in [0.05, 0.1) is 24.6 Å². The molecule has 38 heavy (non-hydrogen) atoms. The Kier molecular flexibility index (Phi) is 8.11. The number of nitrogens with zero attached hydrogens (tertiary/aromatic N) is 2. The number of hydrogen-bond donors (Lipinski definition) is 2. The molecule has 1 atom stereocenters. The van der Waals surface area contributed by atoms with E-state index in [1.165, 1.54) is 36.1 Å². The minimum Gasteiger partial charge on any atom is -0.495 e. The van der Waals surface area contributed by atoms with Gasteiger partial charge in [-0.3, -0.25) is 19.0 Å². The smallest absolute Gasteiger partial charge is 0.252 e. The fourth-order valence-corrected chi connectivity index (χ4v) is 4.49. The van der Waals surface area contributed by atoms with Crippen molar-refractivity contribution < 1.29 is 23.6 Å². The number of amides is 2. The van der Waals surface area contributed by atoms with E-state index in [0.29, 0.717) is 47.8 Å². The molecule has 0 bridgehead atoms. The Bertz CT molecular complexity index is 1490.